The number of anilines is 1. The zero-order valence-corrected chi connectivity index (χ0v) is 14.2. The molecule has 26 heavy (non-hydrogen) atoms. The Bertz CT molecular complexity index is 905. The fraction of sp³-hybridized carbons (Fsp3) is 0.500. The summed E-state index contributed by atoms with van der Waals surface area (Å²) in [5, 5.41) is 26.0. The molecule has 13 nitrogen and oxygen atoms in total. The van der Waals surface area contributed by atoms with Crippen molar-refractivity contribution < 1.29 is 34.5 Å². The number of carboxylic acid groups (broad SMARTS) is 1. The van der Waals surface area contributed by atoms with Crippen molar-refractivity contribution in [1.29, 1.82) is 0 Å². The monoisotopic (exact) mass is 391 g/mol. The maximum absolute atomic E-state index is 11.7. The molecular weight excluding hydrogens is 373 g/mol. The van der Waals surface area contributed by atoms with E-state index in [1.165, 1.54) is 6.33 Å². The van der Waals surface area contributed by atoms with Crippen LogP contribution in [0.15, 0.2) is 11.1 Å². The molecule has 0 aliphatic heterocycles. The van der Waals surface area contributed by atoms with Crippen molar-refractivity contribution in [2.24, 2.45) is 11.8 Å². The van der Waals surface area contributed by atoms with Gasteiger partial charge in [-0.1, -0.05) is 0 Å². The standard InChI is InChI=1S/C11H15N5O3.CH3O5P/c12-11-14-9-8(10(19)15-11)13-4-16(9)7-1-5(2-17)6(7)3-18;2-1(3)7(4,5)6/h4-7,17-18H,1-3H2,(H3,12,14,15,19);(H,2,3)(H2,4,5,6)/t5-,6-,7-;/m1./s1. The topological polar surface area (TPSA) is 225 Å². The van der Waals surface area contributed by atoms with Crippen molar-refractivity contribution in [3.63, 3.8) is 0 Å². The van der Waals surface area contributed by atoms with Crippen LogP contribution in [0.25, 0.3) is 11.2 Å². The second kappa shape index (κ2) is 7.51. The summed E-state index contributed by atoms with van der Waals surface area (Å²) < 4.78 is 11.2. The van der Waals surface area contributed by atoms with Crippen molar-refractivity contribution in [2.45, 2.75) is 12.5 Å². The molecule has 3 rings (SSSR count). The number of aliphatic hydroxyl groups excluding tert-OH is 2. The van der Waals surface area contributed by atoms with Gasteiger partial charge in [0.15, 0.2) is 11.2 Å². The highest BCUT2D eigenvalue weighted by molar-refractivity contribution is 7.69. The number of hydrogen-bond donors (Lipinski definition) is 7. The molecular formula is C12H18N5O8P. The number of nitrogens with zero attached hydrogens (tertiary/aromatic N) is 3. The van der Waals surface area contributed by atoms with Gasteiger partial charge in [0.25, 0.3) is 5.56 Å². The van der Waals surface area contributed by atoms with Gasteiger partial charge in [-0.05, 0) is 12.3 Å². The van der Waals surface area contributed by atoms with Gasteiger partial charge in [-0.2, -0.15) is 4.98 Å². The number of H-pyrrole nitrogens is 1. The predicted molar refractivity (Wildman–Crippen MR) is 87.4 cm³/mol. The van der Waals surface area contributed by atoms with E-state index in [2.05, 4.69) is 15.0 Å². The average molecular weight is 391 g/mol. The molecule has 3 atom stereocenters. The summed E-state index contributed by atoms with van der Waals surface area (Å²) in [7, 11) is -4.82. The van der Waals surface area contributed by atoms with E-state index in [0.717, 1.165) is 6.42 Å². The number of nitrogens with one attached hydrogen (secondary N) is 1. The van der Waals surface area contributed by atoms with E-state index in [9.17, 15) is 24.4 Å². The highest BCUT2D eigenvalue weighted by atomic mass is 31.2. The number of aromatic amines is 1. The molecule has 8 N–H and O–H groups in total. The van der Waals surface area contributed by atoms with Crippen LogP contribution in [0.3, 0.4) is 0 Å². The fourth-order valence-corrected chi connectivity index (χ4v) is 2.76. The lowest BCUT2D eigenvalue weighted by Crippen LogP contribution is -2.42. The lowest BCUT2D eigenvalue weighted by molar-refractivity contribution is -0.00528. The number of rotatable bonds is 4. The molecule has 0 unspecified atom stereocenters. The van der Waals surface area contributed by atoms with E-state index < -0.39 is 13.3 Å². The van der Waals surface area contributed by atoms with Crippen molar-refractivity contribution in [1.82, 2.24) is 19.5 Å². The lowest BCUT2D eigenvalue weighted by Gasteiger charge is -2.43. The second-order valence-corrected chi connectivity index (χ2v) is 7.16. The Morgan fingerprint density at radius 1 is 1.38 bits per heavy atom. The Morgan fingerprint density at radius 2 is 2.00 bits per heavy atom. The number of imidazole rings is 1. The first kappa shape index (κ1) is 20.0. The highest BCUT2D eigenvalue weighted by Gasteiger charge is 2.42. The van der Waals surface area contributed by atoms with Gasteiger partial charge < -0.3 is 35.4 Å². The van der Waals surface area contributed by atoms with Crippen LogP contribution in [0.4, 0.5) is 10.7 Å². The molecule has 2 heterocycles. The molecule has 0 radical (unpaired) electrons. The summed E-state index contributed by atoms with van der Waals surface area (Å²) in [6.07, 6.45) is 2.26. The Hall–Kier alpha value is -2.31. The van der Waals surface area contributed by atoms with Crippen LogP contribution < -0.4 is 11.3 Å². The molecule has 1 aliphatic carbocycles. The van der Waals surface area contributed by atoms with Crippen LogP contribution in [0.2, 0.25) is 0 Å². The van der Waals surface area contributed by atoms with Gasteiger partial charge in [0, 0.05) is 25.2 Å². The molecule has 1 saturated carbocycles. The number of nitrogen functional groups attached to an aromatic ring is 1. The first-order valence-corrected chi connectivity index (χ1v) is 8.94. The quantitative estimate of drug-likeness (QED) is 0.303. The van der Waals surface area contributed by atoms with Gasteiger partial charge in [-0.25, -0.2) is 14.3 Å². The third-order valence-corrected chi connectivity index (χ3v) is 4.64. The molecule has 144 valence electrons. The van der Waals surface area contributed by atoms with E-state index in [4.69, 9.17) is 20.6 Å². The molecule has 1 aliphatic rings. The molecule has 14 heteroatoms. The minimum atomic E-state index is -4.82. The summed E-state index contributed by atoms with van der Waals surface area (Å²) in [5.74, 6) is 0.0642. The Balaban J connectivity index is 0.000000298. The summed E-state index contributed by atoms with van der Waals surface area (Å²) in [4.78, 5) is 46.7. The van der Waals surface area contributed by atoms with Crippen LogP contribution >= 0.6 is 7.60 Å². The van der Waals surface area contributed by atoms with Crippen molar-refractivity contribution in [2.75, 3.05) is 18.9 Å². The average Bonchev–Trinajstić information content (AvgIpc) is 2.91. The minimum absolute atomic E-state index is 0.0131. The molecule has 0 aromatic carbocycles. The maximum atomic E-state index is 11.7. The number of aromatic nitrogens is 4. The van der Waals surface area contributed by atoms with Gasteiger partial charge in [-0.3, -0.25) is 9.78 Å². The van der Waals surface area contributed by atoms with Crippen LogP contribution in [-0.2, 0) is 4.57 Å². The predicted octanol–water partition coefficient (Wildman–Crippen LogP) is -1.29. The van der Waals surface area contributed by atoms with Gasteiger partial charge in [0.2, 0.25) is 5.95 Å². The van der Waals surface area contributed by atoms with Gasteiger partial charge >= 0.3 is 13.3 Å². The highest BCUT2D eigenvalue weighted by Crippen LogP contribution is 2.44. The summed E-state index contributed by atoms with van der Waals surface area (Å²) in [6.45, 7) is 0.0265. The van der Waals surface area contributed by atoms with Gasteiger partial charge in [0.1, 0.15) is 0 Å². The first-order valence-electron chi connectivity index (χ1n) is 7.33. The van der Waals surface area contributed by atoms with Crippen LogP contribution in [-0.4, -0.2) is 63.5 Å². The van der Waals surface area contributed by atoms with E-state index in [-0.39, 0.29) is 48.1 Å². The largest absolute Gasteiger partial charge is 0.472 e. The minimum Gasteiger partial charge on any atom is -0.472 e. The normalized spacial score (nSPS) is 22.4. The second-order valence-electron chi connectivity index (χ2n) is 5.69. The number of hydrogen-bond acceptors (Lipinski definition) is 8. The molecule has 0 amide bonds. The van der Waals surface area contributed by atoms with E-state index >= 15 is 0 Å². The Labute approximate surface area is 145 Å². The van der Waals surface area contributed by atoms with E-state index in [1.54, 1.807) is 4.57 Å². The van der Waals surface area contributed by atoms with Gasteiger partial charge in [0.05, 0.1) is 6.33 Å². The molecule has 0 spiro atoms. The van der Waals surface area contributed by atoms with Gasteiger partial charge in [-0.15, -0.1) is 0 Å². The van der Waals surface area contributed by atoms with Crippen molar-refractivity contribution >= 4 is 30.4 Å². The van der Waals surface area contributed by atoms with E-state index in [1.807, 2.05) is 0 Å². The summed E-state index contributed by atoms with van der Waals surface area (Å²) >= 11 is 0. The number of aliphatic hydroxyl groups is 2. The lowest BCUT2D eigenvalue weighted by atomic mass is 9.70. The molecule has 2 aromatic heterocycles. The molecule has 0 saturated heterocycles. The summed E-state index contributed by atoms with van der Waals surface area (Å²) in [6, 6.07) is -0.0131. The zero-order valence-electron chi connectivity index (χ0n) is 13.3. The maximum Gasteiger partial charge on any atom is 0.433 e. The number of carbonyl (C=O) groups is 1. The molecule has 1 fully saturated rings. The number of fused-ring (bicyclic) bond motifs is 1. The van der Waals surface area contributed by atoms with Crippen LogP contribution in [0, 0.1) is 11.8 Å². The Morgan fingerprint density at radius 3 is 2.50 bits per heavy atom. The third kappa shape index (κ3) is 3.92. The molecule has 2 aromatic rings. The molecule has 0 bridgehead atoms. The zero-order chi connectivity index (χ0) is 19.6. The van der Waals surface area contributed by atoms with Crippen molar-refractivity contribution in [3.8, 4) is 0 Å². The van der Waals surface area contributed by atoms with E-state index in [0.29, 0.717) is 5.65 Å². The first-order chi connectivity index (χ1) is 12.1. The van der Waals surface area contributed by atoms with Crippen LogP contribution in [0.5, 0.6) is 0 Å². The Kier molecular flexibility index (Phi) is 5.78. The number of nitrogens with two attached hydrogens (primary N) is 1. The van der Waals surface area contributed by atoms with Crippen LogP contribution in [0.1, 0.15) is 12.5 Å². The SMILES string of the molecule is Nc1nc2c(ncn2[C@@H]2C[C@H](CO)[C@H]2CO)c(=O)[nH]1.O=C(O)P(=O)(O)O. The summed E-state index contributed by atoms with van der Waals surface area (Å²) in [5.41, 5.74) is 3.72. The smallest absolute Gasteiger partial charge is 0.433 e. The van der Waals surface area contributed by atoms with Crippen molar-refractivity contribution in [3.05, 3.63) is 16.7 Å². The fourth-order valence-electron chi connectivity index (χ4n) is 2.76. The third-order valence-electron chi connectivity index (χ3n) is 4.15.